The van der Waals surface area contributed by atoms with Crippen molar-refractivity contribution < 1.29 is 27.5 Å². The molecule has 154 valence electrons. The van der Waals surface area contributed by atoms with Crippen LogP contribution in [0.15, 0.2) is 63.8 Å². The summed E-state index contributed by atoms with van der Waals surface area (Å²) in [4.78, 5) is 27.7. The lowest BCUT2D eigenvalue weighted by Crippen LogP contribution is -2.19. The average Bonchev–Trinajstić information content (AvgIpc) is 3.12. The lowest BCUT2D eigenvalue weighted by Gasteiger charge is -2.15. The van der Waals surface area contributed by atoms with E-state index in [9.17, 15) is 18.4 Å². The highest BCUT2D eigenvalue weighted by Gasteiger charge is 2.24. The lowest BCUT2D eigenvalue weighted by molar-refractivity contribution is -0.151. The van der Waals surface area contributed by atoms with Crippen LogP contribution in [-0.2, 0) is 9.53 Å². The zero-order chi connectivity index (χ0) is 21.3. The molecular weight excluding hydrogens is 398 g/mol. The highest BCUT2D eigenvalue weighted by atomic mass is 19.3. The summed E-state index contributed by atoms with van der Waals surface area (Å²) in [6.45, 7) is -1.83. The fourth-order valence-corrected chi connectivity index (χ4v) is 3.11. The van der Waals surface area contributed by atoms with Gasteiger partial charge in [0.05, 0.1) is 11.0 Å². The number of alkyl halides is 2. The number of rotatable bonds is 6. The molecule has 2 heterocycles. The summed E-state index contributed by atoms with van der Waals surface area (Å²) in [6.07, 6.45) is -1.02. The van der Waals surface area contributed by atoms with Crippen molar-refractivity contribution in [1.82, 2.24) is 9.55 Å². The van der Waals surface area contributed by atoms with Crippen molar-refractivity contribution in [2.45, 2.75) is 19.6 Å². The van der Waals surface area contributed by atoms with Gasteiger partial charge in [-0.2, -0.15) is 8.78 Å². The van der Waals surface area contributed by atoms with Crippen LogP contribution in [0.5, 0.6) is 5.75 Å². The third-order valence-corrected chi connectivity index (χ3v) is 4.44. The Morgan fingerprint density at radius 2 is 1.93 bits per heavy atom. The van der Waals surface area contributed by atoms with Crippen molar-refractivity contribution in [3.05, 3.63) is 70.8 Å². The number of halogens is 2. The maximum atomic E-state index is 13.5. The van der Waals surface area contributed by atoms with Gasteiger partial charge in [-0.1, -0.05) is 12.1 Å². The van der Waals surface area contributed by atoms with E-state index in [2.05, 4.69) is 4.98 Å². The minimum atomic E-state index is -2.84. The number of para-hydroxylation sites is 2. The Morgan fingerprint density at radius 3 is 2.73 bits per heavy atom. The van der Waals surface area contributed by atoms with Crippen molar-refractivity contribution >= 4 is 28.0 Å². The van der Waals surface area contributed by atoms with Crippen LogP contribution < -0.4 is 10.4 Å². The average molecular weight is 414 g/mol. The number of hydrogen-bond acceptors (Lipinski definition) is 6. The first kappa shape index (κ1) is 19.6. The zero-order valence-electron chi connectivity index (χ0n) is 15.7. The molecule has 9 heteroatoms. The van der Waals surface area contributed by atoms with Crippen molar-refractivity contribution in [2.24, 2.45) is 0 Å². The molecule has 0 aliphatic rings. The van der Waals surface area contributed by atoms with Crippen LogP contribution >= 0.6 is 0 Å². The zero-order valence-corrected chi connectivity index (χ0v) is 15.7. The second-order valence-corrected chi connectivity index (χ2v) is 6.48. The number of hydrogen-bond donors (Lipinski definition) is 0. The van der Waals surface area contributed by atoms with E-state index in [0.29, 0.717) is 22.2 Å². The van der Waals surface area contributed by atoms with E-state index in [1.54, 1.807) is 36.4 Å². The van der Waals surface area contributed by atoms with Crippen molar-refractivity contribution in [2.75, 3.05) is 6.61 Å². The lowest BCUT2D eigenvalue weighted by atomic mass is 10.2. The Hall–Kier alpha value is -3.75. The van der Waals surface area contributed by atoms with Crippen LogP contribution in [-0.4, -0.2) is 22.1 Å². The summed E-state index contributed by atoms with van der Waals surface area (Å²) >= 11 is 0. The third kappa shape index (κ3) is 3.86. The first-order valence-electron chi connectivity index (χ1n) is 9.03. The standard InChI is InChI=1S/C21H16F2N2O5/c1-12(20-24-15-4-2-3-5-16(15)25(20)21(22)23)29-19(27)11-28-14-8-6-13-7-9-18(26)30-17(13)10-14/h2-10,12,21H,11H2,1H3. The fraction of sp³-hybridized carbons (Fsp3) is 0.190. The Kier molecular flexibility index (Phi) is 5.18. The maximum Gasteiger partial charge on any atom is 0.344 e. The van der Waals surface area contributed by atoms with Gasteiger partial charge in [-0.3, -0.25) is 4.57 Å². The summed E-state index contributed by atoms with van der Waals surface area (Å²) in [6, 6.07) is 14.1. The molecule has 0 saturated carbocycles. The van der Waals surface area contributed by atoms with E-state index in [4.69, 9.17) is 13.9 Å². The van der Waals surface area contributed by atoms with E-state index < -0.39 is 30.9 Å². The van der Waals surface area contributed by atoms with E-state index in [-0.39, 0.29) is 11.3 Å². The van der Waals surface area contributed by atoms with E-state index in [0.717, 1.165) is 4.57 Å². The molecule has 1 unspecified atom stereocenters. The molecule has 4 aromatic rings. The quantitative estimate of drug-likeness (QED) is 0.347. The number of carbonyl (C=O) groups excluding carboxylic acids is 1. The van der Waals surface area contributed by atoms with Gasteiger partial charge in [0.25, 0.3) is 0 Å². The molecule has 0 spiro atoms. The monoisotopic (exact) mass is 414 g/mol. The van der Waals surface area contributed by atoms with E-state index >= 15 is 0 Å². The SMILES string of the molecule is CC(OC(=O)COc1ccc2ccc(=O)oc2c1)c1nc2ccccc2n1C(F)F. The molecule has 0 radical (unpaired) electrons. The fourth-order valence-electron chi connectivity index (χ4n) is 3.11. The van der Waals surface area contributed by atoms with Crippen molar-refractivity contribution in [3.63, 3.8) is 0 Å². The van der Waals surface area contributed by atoms with Gasteiger partial charge in [-0.25, -0.2) is 14.6 Å². The van der Waals surface area contributed by atoms with Gasteiger partial charge in [0.2, 0.25) is 0 Å². The van der Waals surface area contributed by atoms with Crippen molar-refractivity contribution in [3.8, 4) is 5.75 Å². The summed E-state index contributed by atoms with van der Waals surface area (Å²) in [7, 11) is 0. The predicted octanol–water partition coefficient (Wildman–Crippen LogP) is 4.22. The number of nitrogens with zero attached hydrogens (tertiary/aromatic N) is 2. The molecule has 2 aromatic heterocycles. The minimum Gasteiger partial charge on any atom is -0.482 e. The Balaban J connectivity index is 1.46. The van der Waals surface area contributed by atoms with Gasteiger partial charge in [0, 0.05) is 17.5 Å². The number of carbonyl (C=O) groups is 1. The molecule has 0 amide bonds. The molecule has 4 rings (SSSR count). The predicted molar refractivity (Wildman–Crippen MR) is 103 cm³/mol. The largest absolute Gasteiger partial charge is 0.482 e. The topological polar surface area (TPSA) is 83.6 Å². The summed E-state index contributed by atoms with van der Waals surface area (Å²) < 4.78 is 43.5. The van der Waals surface area contributed by atoms with Gasteiger partial charge in [-0.15, -0.1) is 0 Å². The van der Waals surface area contributed by atoms with Gasteiger partial charge >= 0.3 is 18.1 Å². The molecule has 0 aliphatic carbocycles. The second kappa shape index (κ2) is 7.94. The van der Waals surface area contributed by atoms with E-state index in [1.807, 2.05) is 0 Å². The number of benzene rings is 2. The number of ether oxygens (including phenoxy) is 2. The smallest absolute Gasteiger partial charge is 0.344 e. The first-order valence-corrected chi connectivity index (χ1v) is 9.03. The summed E-state index contributed by atoms with van der Waals surface area (Å²) in [5, 5.41) is 0.698. The normalized spacial score (nSPS) is 12.4. The molecule has 0 bridgehead atoms. The molecule has 0 fully saturated rings. The van der Waals surface area contributed by atoms with Crippen LogP contribution in [0.25, 0.3) is 22.0 Å². The number of fused-ring (bicyclic) bond motifs is 2. The highest BCUT2D eigenvalue weighted by Crippen LogP contribution is 2.28. The summed E-state index contributed by atoms with van der Waals surface area (Å²) in [5.74, 6) is -0.529. The van der Waals surface area contributed by atoms with Gasteiger partial charge in [0.15, 0.2) is 18.5 Å². The van der Waals surface area contributed by atoms with Gasteiger partial charge in [-0.05, 0) is 37.3 Å². The molecule has 0 N–H and O–H groups in total. The number of esters is 1. The molecule has 2 aromatic carbocycles. The Morgan fingerprint density at radius 1 is 1.17 bits per heavy atom. The number of aromatic nitrogens is 2. The van der Waals surface area contributed by atoms with Crippen molar-refractivity contribution in [1.29, 1.82) is 0 Å². The van der Waals surface area contributed by atoms with Crippen LogP contribution in [0.3, 0.4) is 0 Å². The Labute approximate surface area is 168 Å². The van der Waals surface area contributed by atoms with Crippen LogP contribution in [0.2, 0.25) is 0 Å². The first-order chi connectivity index (χ1) is 14.4. The minimum absolute atomic E-state index is 0.0629. The van der Waals surface area contributed by atoms with Gasteiger partial charge < -0.3 is 13.9 Å². The summed E-state index contributed by atoms with van der Waals surface area (Å²) in [5.41, 5.74) is 0.436. The molecule has 7 nitrogen and oxygen atoms in total. The maximum absolute atomic E-state index is 13.5. The van der Waals surface area contributed by atoms with Crippen LogP contribution in [0.4, 0.5) is 8.78 Å². The molecule has 30 heavy (non-hydrogen) atoms. The van der Waals surface area contributed by atoms with E-state index in [1.165, 1.54) is 25.1 Å². The third-order valence-electron chi connectivity index (χ3n) is 4.44. The molecular formula is C21H16F2N2O5. The van der Waals surface area contributed by atoms with Gasteiger partial charge in [0.1, 0.15) is 11.3 Å². The second-order valence-electron chi connectivity index (χ2n) is 6.48. The molecule has 1 atom stereocenters. The molecule has 0 aliphatic heterocycles. The van der Waals surface area contributed by atoms with Crippen LogP contribution in [0, 0.1) is 0 Å². The van der Waals surface area contributed by atoms with Crippen LogP contribution in [0.1, 0.15) is 25.4 Å². The molecule has 0 saturated heterocycles. The number of imidazole rings is 1. The highest BCUT2D eigenvalue weighted by molar-refractivity contribution is 5.78. The Bertz CT molecular complexity index is 1280.